The van der Waals surface area contributed by atoms with E-state index in [0.717, 1.165) is 6.42 Å². The first-order chi connectivity index (χ1) is 17.3. The summed E-state index contributed by atoms with van der Waals surface area (Å²) < 4.78 is 11.8. The second-order valence-electron chi connectivity index (χ2n) is 8.40. The number of piperazine rings is 1. The molecule has 0 bridgehead atoms. The predicted molar refractivity (Wildman–Crippen MR) is 144 cm³/mol. The van der Waals surface area contributed by atoms with Crippen LogP contribution in [-0.4, -0.2) is 59.6 Å². The van der Waals surface area contributed by atoms with Gasteiger partial charge in [-0.1, -0.05) is 37.3 Å². The zero-order valence-electron chi connectivity index (χ0n) is 20.3. The number of rotatable bonds is 9. The summed E-state index contributed by atoms with van der Waals surface area (Å²) in [5, 5.41) is 5.49. The van der Waals surface area contributed by atoms with Crippen LogP contribution in [0.5, 0.6) is 5.75 Å². The number of halogens is 1. The summed E-state index contributed by atoms with van der Waals surface area (Å²) in [5.74, 6) is -0.628. The molecule has 2 atom stereocenters. The molecular weight excluding hydrogens is 546 g/mol. The molecule has 0 saturated carbocycles. The van der Waals surface area contributed by atoms with Crippen LogP contribution in [0.4, 0.5) is 0 Å². The Labute approximate surface area is 224 Å². The summed E-state index contributed by atoms with van der Waals surface area (Å²) in [6.07, 6.45) is 1.03. The van der Waals surface area contributed by atoms with Crippen LogP contribution in [0.15, 0.2) is 53.0 Å². The molecule has 10 heteroatoms. The molecule has 36 heavy (non-hydrogen) atoms. The molecule has 192 valence electrons. The van der Waals surface area contributed by atoms with Gasteiger partial charge >= 0.3 is 5.97 Å². The Bertz CT molecular complexity index is 1100. The van der Waals surface area contributed by atoms with E-state index in [1.165, 1.54) is 5.56 Å². The maximum atomic E-state index is 12.9. The molecule has 2 unspecified atom stereocenters. The lowest BCUT2D eigenvalue weighted by Crippen LogP contribution is -2.60. The van der Waals surface area contributed by atoms with Crippen molar-refractivity contribution in [2.75, 3.05) is 19.7 Å². The summed E-state index contributed by atoms with van der Waals surface area (Å²) in [5.41, 5.74) is 1.55. The molecule has 8 nitrogen and oxygen atoms in total. The molecule has 0 aliphatic carbocycles. The molecule has 2 aromatic carbocycles. The van der Waals surface area contributed by atoms with E-state index in [1.807, 2.05) is 37.3 Å². The van der Waals surface area contributed by atoms with Crippen molar-refractivity contribution in [1.29, 1.82) is 0 Å². The predicted octanol–water partition coefficient (Wildman–Crippen LogP) is 3.62. The largest absolute Gasteiger partial charge is 0.492 e. The zero-order valence-corrected chi connectivity index (χ0v) is 22.7. The van der Waals surface area contributed by atoms with Gasteiger partial charge in [-0.3, -0.25) is 19.7 Å². The van der Waals surface area contributed by atoms with Crippen LogP contribution in [0, 0.1) is 0 Å². The highest BCUT2D eigenvalue weighted by Gasteiger charge is 2.34. The standard InChI is InChI=1S/C26H30BrN3O5S/c1-3-17(2)35-23(31)16-21-25(33)28-12-13-30(21)26(36)29-24(32)19-9-10-22(20(27)15-19)34-14-11-18-7-5-4-6-8-18/h4-10,15,17,21H,3,11-14,16H2,1-2H3,(H,28,33)(H,29,32,36). The quantitative estimate of drug-likeness (QED) is 0.348. The SMILES string of the molecule is CCC(C)OC(=O)CC1C(=O)NCCN1C(=S)NC(=O)c1ccc(OCCc2ccccc2)c(Br)c1. The van der Waals surface area contributed by atoms with Gasteiger partial charge in [0.25, 0.3) is 5.91 Å². The lowest BCUT2D eigenvalue weighted by Gasteiger charge is -2.36. The Morgan fingerprint density at radius 1 is 1.25 bits per heavy atom. The van der Waals surface area contributed by atoms with Gasteiger partial charge in [0, 0.05) is 25.1 Å². The number of carbonyl (C=O) groups excluding carboxylic acids is 3. The maximum Gasteiger partial charge on any atom is 0.308 e. The van der Waals surface area contributed by atoms with Crippen molar-refractivity contribution in [3.8, 4) is 5.75 Å². The summed E-state index contributed by atoms with van der Waals surface area (Å²) in [6, 6.07) is 14.2. The van der Waals surface area contributed by atoms with E-state index in [2.05, 4.69) is 26.6 Å². The first kappa shape index (κ1) is 27.6. The Kier molecular flexibility index (Phi) is 10.2. The summed E-state index contributed by atoms with van der Waals surface area (Å²) in [6.45, 7) is 4.91. The van der Waals surface area contributed by atoms with Gasteiger partial charge in [-0.15, -0.1) is 0 Å². The van der Waals surface area contributed by atoms with Crippen LogP contribution < -0.4 is 15.4 Å². The molecule has 2 aromatic rings. The number of esters is 1. The van der Waals surface area contributed by atoms with Crippen molar-refractivity contribution in [2.24, 2.45) is 0 Å². The molecule has 1 heterocycles. The van der Waals surface area contributed by atoms with Gasteiger partial charge < -0.3 is 19.7 Å². The summed E-state index contributed by atoms with van der Waals surface area (Å²) in [4.78, 5) is 39.2. The summed E-state index contributed by atoms with van der Waals surface area (Å²) in [7, 11) is 0. The maximum absolute atomic E-state index is 12.9. The van der Waals surface area contributed by atoms with E-state index in [0.29, 0.717) is 41.9 Å². The molecule has 0 spiro atoms. The zero-order chi connectivity index (χ0) is 26.1. The van der Waals surface area contributed by atoms with Crippen molar-refractivity contribution in [3.05, 3.63) is 64.1 Å². The highest BCUT2D eigenvalue weighted by Crippen LogP contribution is 2.26. The number of hydrogen-bond acceptors (Lipinski definition) is 6. The molecule has 2 amide bonds. The van der Waals surface area contributed by atoms with E-state index in [-0.39, 0.29) is 23.5 Å². The van der Waals surface area contributed by atoms with Crippen LogP contribution in [0.2, 0.25) is 0 Å². The summed E-state index contributed by atoms with van der Waals surface area (Å²) >= 11 is 8.89. The molecule has 1 aliphatic rings. The average Bonchev–Trinajstić information content (AvgIpc) is 2.86. The van der Waals surface area contributed by atoms with E-state index >= 15 is 0 Å². The monoisotopic (exact) mass is 575 g/mol. The Balaban J connectivity index is 1.58. The van der Waals surface area contributed by atoms with Gasteiger partial charge in [-0.25, -0.2) is 0 Å². The van der Waals surface area contributed by atoms with Crippen LogP contribution in [0.3, 0.4) is 0 Å². The third-order valence-corrected chi connectivity index (χ3v) is 6.72. The number of thiocarbonyl (C=S) groups is 1. The number of nitrogens with zero attached hydrogens (tertiary/aromatic N) is 1. The van der Waals surface area contributed by atoms with Crippen molar-refractivity contribution in [1.82, 2.24) is 15.5 Å². The lowest BCUT2D eigenvalue weighted by atomic mass is 10.1. The van der Waals surface area contributed by atoms with Gasteiger partial charge in [0.05, 0.1) is 23.6 Å². The number of benzene rings is 2. The van der Waals surface area contributed by atoms with Crippen LogP contribution in [-0.2, 0) is 20.7 Å². The molecule has 1 fully saturated rings. The Morgan fingerprint density at radius 2 is 2.00 bits per heavy atom. The Morgan fingerprint density at radius 3 is 2.69 bits per heavy atom. The fourth-order valence-electron chi connectivity index (χ4n) is 3.60. The molecule has 1 aliphatic heterocycles. The Hall–Kier alpha value is -2.98. The number of amides is 2. The fraction of sp³-hybridized carbons (Fsp3) is 0.385. The minimum absolute atomic E-state index is 0.0792. The van der Waals surface area contributed by atoms with Crippen molar-refractivity contribution < 1.29 is 23.9 Å². The van der Waals surface area contributed by atoms with E-state index in [9.17, 15) is 14.4 Å². The molecular formula is C26H30BrN3O5S. The molecule has 0 radical (unpaired) electrons. The topological polar surface area (TPSA) is 97.0 Å². The number of ether oxygens (including phenoxy) is 2. The van der Waals surface area contributed by atoms with Crippen LogP contribution >= 0.6 is 28.1 Å². The molecule has 1 saturated heterocycles. The van der Waals surface area contributed by atoms with E-state index in [4.69, 9.17) is 21.7 Å². The normalized spacial score (nSPS) is 16.0. The van der Waals surface area contributed by atoms with E-state index in [1.54, 1.807) is 30.0 Å². The fourth-order valence-corrected chi connectivity index (χ4v) is 4.40. The highest BCUT2D eigenvalue weighted by molar-refractivity contribution is 9.10. The molecule has 3 rings (SSSR count). The third-order valence-electron chi connectivity index (χ3n) is 5.76. The highest BCUT2D eigenvalue weighted by atomic mass is 79.9. The molecule has 0 aromatic heterocycles. The number of hydrogen-bond donors (Lipinski definition) is 2. The smallest absolute Gasteiger partial charge is 0.308 e. The first-order valence-electron chi connectivity index (χ1n) is 11.8. The van der Waals surface area contributed by atoms with E-state index < -0.39 is 17.9 Å². The van der Waals surface area contributed by atoms with Gasteiger partial charge in [0.1, 0.15) is 11.8 Å². The molecule has 2 N–H and O–H groups in total. The number of carbonyl (C=O) groups is 3. The number of nitrogens with one attached hydrogen (secondary N) is 2. The van der Waals surface area contributed by atoms with Crippen LogP contribution in [0.25, 0.3) is 0 Å². The third kappa shape index (κ3) is 7.76. The van der Waals surface area contributed by atoms with Crippen molar-refractivity contribution in [3.63, 3.8) is 0 Å². The minimum atomic E-state index is -0.852. The van der Waals surface area contributed by atoms with Crippen LogP contribution in [0.1, 0.15) is 42.6 Å². The average molecular weight is 577 g/mol. The van der Waals surface area contributed by atoms with Gasteiger partial charge in [0.2, 0.25) is 5.91 Å². The minimum Gasteiger partial charge on any atom is -0.492 e. The van der Waals surface area contributed by atoms with Crippen molar-refractivity contribution in [2.45, 2.75) is 45.3 Å². The first-order valence-corrected chi connectivity index (χ1v) is 13.0. The lowest BCUT2D eigenvalue weighted by molar-refractivity contribution is -0.151. The second-order valence-corrected chi connectivity index (χ2v) is 9.64. The van der Waals surface area contributed by atoms with Crippen molar-refractivity contribution >= 4 is 51.0 Å². The van der Waals surface area contributed by atoms with Gasteiger partial charge in [0.15, 0.2) is 5.11 Å². The van der Waals surface area contributed by atoms with Gasteiger partial charge in [-0.2, -0.15) is 0 Å². The second kappa shape index (κ2) is 13.4. The van der Waals surface area contributed by atoms with Gasteiger partial charge in [-0.05, 0) is 65.3 Å².